The van der Waals surface area contributed by atoms with Crippen molar-refractivity contribution < 1.29 is 18.6 Å². The number of methoxy groups -OCH3 is 1. The van der Waals surface area contributed by atoms with E-state index >= 15 is 0 Å². The summed E-state index contributed by atoms with van der Waals surface area (Å²) in [6.45, 7) is 35.1. The van der Waals surface area contributed by atoms with Gasteiger partial charge in [-0.25, -0.2) is 0 Å². The standard InChI is InChI=1S/C35H63BO4Si/c1-20(31(23(4)32(37)38-13)40-41(14,15)33(6,7)8)24(5)39-36(29-18-25-16-27(21(29)2)34(25,9)10)30-19-26-17-28(22(30)3)35(26,11)12/h20-23,25-31H,5,16-19H2,1-4,6-15H3/t20-,21-,22-,23+,25+,26+,27-,28-,29-,30-,31-/m0/s1. The quantitative estimate of drug-likeness (QED) is 0.145. The van der Waals surface area contributed by atoms with Gasteiger partial charge in [0.15, 0.2) is 8.32 Å². The largest absolute Gasteiger partial charge is 0.563 e. The van der Waals surface area contributed by atoms with Gasteiger partial charge in [-0.05, 0) is 109 Å². The molecular weight excluding hydrogens is 523 g/mol. The highest BCUT2D eigenvalue weighted by Crippen LogP contribution is 2.69. The van der Waals surface area contributed by atoms with Crippen molar-refractivity contribution in [1.29, 1.82) is 0 Å². The molecule has 6 fully saturated rings. The second-order valence-corrected chi connectivity index (χ2v) is 22.5. The molecule has 234 valence electrons. The van der Waals surface area contributed by atoms with Crippen LogP contribution in [-0.4, -0.2) is 34.4 Å². The second-order valence-electron chi connectivity index (χ2n) is 17.7. The third-order valence-corrected chi connectivity index (χ3v) is 18.7. The molecule has 41 heavy (non-hydrogen) atoms. The summed E-state index contributed by atoms with van der Waals surface area (Å²) in [6.07, 6.45) is 4.96. The van der Waals surface area contributed by atoms with E-state index < -0.39 is 14.2 Å². The lowest BCUT2D eigenvalue weighted by Crippen LogP contribution is -2.60. The molecule has 0 radical (unpaired) electrons. The van der Waals surface area contributed by atoms with Gasteiger partial charge in [-0.3, -0.25) is 4.79 Å². The molecule has 6 rings (SSSR count). The molecule has 0 N–H and O–H groups in total. The summed E-state index contributed by atoms with van der Waals surface area (Å²) in [6, 6.07) is 0. The van der Waals surface area contributed by atoms with Crippen molar-refractivity contribution in [1.82, 2.24) is 0 Å². The minimum Gasteiger partial charge on any atom is -0.563 e. The van der Waals surface area contributed by atoms with Gasteiger partial charge < -0.3 is 13.8 Å². The number of hydrogen-bond acceptors (Lipinski definition) is 4. The lowest BCUT2D eigenvalue weighted by Gasteiger charge is -2.65. The molecule has 6 aliphatic carbocycles. The van der Waals surface area contributed by atoms with Crippen LogP contribution in [0.3, 0.4) is 0 Å². The van der Waals surface area contributed by atoms with Gasteiger partial charge in [0.2, 0.25) is 0 Å². The minimum atomic E-state index is -2.17. The summed E-state index contributed by atoms with van der Waals surface area (Å²) < 4.78 is 19.4. The van der Waals surface area contributed by atoms with Crippen LogP contribution in [0, 0.1) is 58.2 Å². The van der Waals surface area contributed by atoms with Gasteiger partial charge in [0.05, 0.1) is 24.9 Å². The lowest BCUT2D eigenvalue weighted by atomic mass is 9.27. The fraction of sp³-hybridized carbons (Fsp3) is 0.914. The molecule has 0 saturated heterocycles. The molecule has 0 unspecified atom stereocenters. The summed E-state index contributed by atoms with van der Waals surface area (Å²) in [5.74, 6) is 5.62. The zero-order chi connectivity index (χ0) is 31.0. The van der Waals surface area contributed by atoms with Crippen LogP contribution in [0.5, 0.6) is 0 Å². The first-order chi connectivity index (χ1) is 18.7. The van der Waals surface area contributed by atoms with E-state index in [1.54, 1.807) is 0 Å². The molecule has 0 aliphatic heterocycles. The number of fused-ring (bicyclic) bond motifs is 4. The summed E-state index contributed by atoms with van der Waals surface area (Å²) >= 11 is 0. The number of ether oxygens (including phenoxy) is 1. The molecule has 0 heterocycles. The highest BCUT2D eigenvalue weighted by Gasteiger charge is 2.64. The van der Waals surface area contributed by atoms with Crippen molar-refractivity contribution >= 4 is 21.2 Å². The van der Waals surface area contributed by atoms with E-state index in [0.29, 0.717) is 34.3 Å². The number of carbonyl (C=O) groups is 1. The van der Waals surface area contributed by atoms with Gasteiger partial charge in [-0.1, -0.05) is 75.8 Å². The maximum atomic E-state index is 12.9. The first-order valence-electron chi connectivity index (χ1n) is 16.8. The van der Waals surface area contributed by atoms with Crippen LogP contribution in [0.15, 0.2) is 12.3 Å². The van der Waals surface area contributed by atoms with Crippen LogP contribution >= 0.6 is 0 Å². The topological polar surface area (TPSA) is 44.8 Å². The smallest absolute Gasteiger partial charge is 0.364 e. The molecule has 0 amide bonds. The van der Waals surface area contributed by atoms with E-state index in [0.717, 1.165) is 29.4 Å². The Kier molecular flexibility index (Phi) is 8.90. The number of rotatable bonds is 10. The van der Waals surface area contributed by atoms with Gasteiger partial charge >= 0.3 is 12.9 Å². The molecule has 0 spiro atoms. The fourth-order valence-corrected chi connectivity index (χ4v) is 11.1. The Balaban J connectivity index is 1.62. The molecule has 6 saturated carbocycles. The van der Waals surface area contributed by atoms with E-state index in [-0.39, 0.29) is 29.9 Å². The van der Waals surface area contributed by atoms with Crippen LogP contribution in [0.4, 0.5) is 0 Å². The number of carbonyl (C=O) groups excluding carboxylic acids is 1. The molecule has 0 aromatic rings. The molecule has 4 nitrogen and oxygen atoms in total. The first-order valence-corrected chi connectivity index (χ1v) is 19.7. The average Bonchev–Trinajstić information content (AvgIpc) is 2.88. The predicted molar refractivity (Wildman–Crippen MR) is 174 cm³/mol. The highest BCUT2D eigenvalue weighted by atomic mass is 28.4. The Morgan fingerprint density at radius 1 is 0.878 bits per heavy atom. The Morgan fingerprint density at radius 3 is 1.66 bits per heavy atom. The Labute approximate surface area is 254 Å². The Hall–Kier alpha value is -0.748. The fourth-order valence-electron chi connectivity index (χ4n) is 9.68. The normalized spacial score (nSPS) is 37.5. The first kappa shape index (κ1) is 33.2. The monoisotopic (exact) mass is 586 g/mol. The maximum Gasteiger partial charge on any atom is 0.364 e. The summed E-state index contributed by atoms with van der Waals surface area (Å²) in [5.41, 5.74) is 0.899. The number of esters is 1. The van der Waals surface area contributed by atoms with Gasteiger partial charge in [-0.2, -0.15) is 0 Å². The zero-order valence-electron chi connectivity index (χ0n) is 29.1. The molecule has 0 aromatic heterocycles. The minimum absolute atomic E-state index is 0.0300. The van der Waals surface area contributed by atoms with Crippen molar-refractivity contribution in [3.05, 3.63) is 12.3 Å². The Bertz CT molecular complexity index is 957. The van der Waals surface area contributed by atoms with Crippen LogP contribution in [0.2, 0.25) is 29.8 Å². The maximum absolute atomic E-state index is 12.9. The molecule has 11 atom stereocenters. The highest BCUT2D eigenvalue weighted by molar-refractivity contribution is 6.74. The number of hydrogen-bond donors (Lipinski definition) is 0. The third kappa shape index (κ3) is 5.53. The molecule has 0 aromatic carbocycles. The zero-order valence-corrected chi connectivity index (χ0v) is 30.1. The van der Waals surface area contributed by atoms with Gasteiger partial charge in [0.1, 0.15) is 0 Å². The van der Waals surface area contributed by atoms with Gasteiger partial charge in [0, 0.05) is 5.92 Å². The van der Waals surface area contributed by atoms with Crippen molar-refractivity contribution in [2.24, 2.45) is 58.2 Å². The van der Waals surface area contributed by atoms with Crippen molar-refractivity contribution in [2.75, 3.05) is 7.11 Å². The summed E-state index contributed by atoms with van der Waals surface area (Å²) in [5, 5.41) is 0.0300. The average molecular weight is 587 g/mol. The SMILES string of the molecule is C=C(OB([C@H]1C[C@H]2C[C@@H]([C@@H]1C)C2(C)C)[C@H]1C[C@H]2C[C@@H]([C@@H]1C)C2(C)C)[C@H](C)[C@H](O[Si](C)(C)C(C)(C)C)[C@@H](C)C(=O)OC. The van der Waals surface area contributed by atoms with E-state index in [1.165, 1.54) is 32.8 Å². The molecule has 6 heteroatoms. The van der Waals surface area contributed by atoms with Gasteiger partial charge in [0.25, 0.3) is 0 Å². The third-order valence-electron chi connectivity index (χ3n) is 14.3. The van der Waals surface area contributed by atoms with Crippen molar-refractivity contribution in [3.63, 3.8) is 0 Å². The van der Waals surface area contributed by atoms with E-state index in [1.807, 2.05) is 6.92 Å². The van der Waals surface area contributed by atoms with Gasteiger partial charge in [-0.15, -0.1) is 0 Å². The van der Waals surface area contributed by atoms with E-state index in [4.69, 9.17) is 13.8 Å². The molecular formula is C35H63BO4Si. The molecule has 6 aliphatic rings. The van der Waals surface area contributed by atoms with Crippen LogP contribution in [0.25, 0.3) is 0 Å². The van der Waals surface area contributed by atoms with Crippen LogP contribution < -0.4 is 0 Å². The molecule has 4 bridgehead atoms. The second kappa shape index (κ2) is 11.0. The van der Waals surface area contributed by atoms with Crippen molar-refractivity contribution in [3.8, 4) is 0 Å². The summed E-state index contributed by atoms with van der Waals surface area (Å²) in [4.78, 5) is 12.9. The Morgan fingerprint density at radius 2 is 1.32 bits per heavy atom. The lowest BCUT2D eigenvalue weighted by molar-refractivity contribution is -0.149. The van der Waals surface area contributed by atoms with E-state index in [9.17, 15) is 4.79 Å². The van der Waals surface area contributed by atoms with Crippen LogP contribution in [0.1, 0.15) is 102 Å². The van der Waals surface area contributed by atoms with E-state index in [2.05, 4.69) is 88.9 Å². The predicted octanol–water partition coefficient (Wildman–Crippen LogP) is 9.49. The summed E-state index contributed by atoms with van der Waals surface area (Å²) in [7, 11) is -0.693. The van der Waals surface area contributed by atoms with Crippen molar-refractivity contribution in [2.45, 2.75) is 138 Å². The van der Waals surface area contributed by atoms with Crippen LogP contribution in [-0.2, 0) is 18.6 Å².